The van der Waals surface area contributed by atoms with Crippen LogP contribution >= 0.6 is 0 Å². The first-order valence-electron chi connectivity index (χ1n) is 5.53. The lowest BCUT2D eigenvalue weighted by Gasteiger charge is -2.27. The largest absolute Gasteiger partial charge is 0.387 e. The Morgan fingerprint density at radius 1 is 1.25 bits per heavy atom. The Kier molecular flexibility index (Phi) is 2.93. The molecule has 0 aromatic heterocycles. The number of hydrogen-bond acceptors (Lipinski definition) is 2. The Hall–Kier alpha value is -1.40. The van der Waals surface area contributed by atoms with Gasteiger partial charge in [-0.2, -0.15) is 5.26 Å². The normalized spacial score (nSPS) is 20.3. The highest BCUT2D eigenvalue weighted by molar-refractivity contribution is 5.24. The van der Waals surface area contributed by atoms with Gasteiger partial charge in [-0.3, -0.25) is 0 Å². The Morgan fingerprint density at radius 2 is 1.81 bits per heavy atom. The van der Waals surface area contributed by atoms with Crippen LogP contribution in [-0.2, 0) is 0 Å². The summed E-state index contributed by atoms with van der Waals surface area (Å²) < 4.78 is 12.8. The molecule has 0 spiro atoms. The summed E-state index contributed by atoms with van der Waals surface area (Å²) in [6.07, 6.45) is 2.60. The van der Waals surface area contributed by atoms with Crippen LogP contribution in [0.3, 0.4) is 0 Å². The van der Waals surface area contributed by atoms with Gasteiger partial charge in [-0.1, -0.05) is 25.0 Å². The molecule has 1 aromatic rings. The van der Waals surface area contributed by atoms with E-state index >= 15 is 0 Å². The van der Waals surface area contributed by atoms with Crippen molar-refractivity contribution in [3.8, 4) is 6.07 Å². The molecule has 1 N–H and O–H groups in total. The fourth-order valence-corrected chi connectivity index (χ4v) is 2.42. The Morgan fingerprint density at radius 3 is 2.31 bits per heavy atom. The van der Waals surface area contributed by atoms with Gasteiger partial charge in [0.2, 0.25) is 0 Å². The molecule has 1 unspecified atom stereocenters. The van der Waals surface area contributed by atoms with Crippen molar-refractivity contribution in [2.75, 3.05) is 0 Å². The Bertz CT molecular complexity index is 401. The highest BCUT2D eigenvalue weighted by atomic mass is 19.1. The van der Waals surface area contributed by atoms with E-state index in [1.807, 2.05) is 0 Å². The molecule has 0 amide bonds. The molecule has 1 aliphatic carbocycles. The van der Waals surface area contributed by atoms with E-state index in [4.69, 9.17) is 0 Å². The van der Waals surface area contributed by atoms with Crippen molar-refractivity contribution in [1.82, 2.24) is 0 Å². The minimum atomic E-state index is -0.805. The number of benzene rings is 1. The van der Waals surface area contributed by atoms with Gasteiger partial charge in [0.15, 0.2) is 0 Å². The smallest absolute Gasteiger partial charge is 0.123 e. The number of rotatable bonds is 2. The number of halogens is 1. The molecule has 1 fully saturated rings. The zero-order valence-electron chi connectivity index (χ0n) is 8.99. The monoisotopic (exact) mass is 219 g/mol. The lowest BCUT2D eigenvalue weighted by Crippen LogP contribution is -2.23. The summed E-state index contributed by atoms with van der Waals surface area (Å²) >= 11 is 0. The molecule has 1 saturated carbocycles. The third kappa shape index (κ3) is 1.81. The van der Waals surface area contributed by atoms with Crippen LogP contribution in [0.25, 0.3) is 0 Å². The summed E-state index contributed by atoms with van der Waals surface area (Å²) in [7, 11) is 0. The third-order valence-corrected chi connectivity index (χ3v) is 3.43. The van der Waals surface area contributed by atoms with Gasteiger partial charge in [-0.05, 0) is 30.5 Å². The van der Waals surface area contributed by atoms with E-state index in [1.165, 1.54) is 12.1 Å². The van der Waals surface area contributed by atoms with Gasteiger partial charge in [0.1, 0.15) is 5.82 Å². The van der Waals surface area contributed by atoms with Gasteiger partial charge in [0, 0.05) is 0 Å². The molecule has 2 nitrogen and oxygen atoms in total. The van der Waals surface area contributed by atoms with Crippen LogP contribution < -0.4 is 0 Å². The summed E-state index contributed by atoms with van der Waals surface area (Å²) in [4.78, 5) is 0. The Labute approximate surface area is 94.3 Å². The van der Waals surface area contributed by atoms with Crippen LogP contribution in [0, 0.1) is 22.6 Å². The SMILES string of the molecule is N#CC1(C(O)c2ccc(F)cc2)CCCC1. The quantitative estimate of drug-likeness (QED) is 0.831. The summed E-state index contributed by atoms with van der Waals surface area (Å²) in [5.74, 6) is -0.326. The number of nitriles is 1. The van der Waals surface area contributed by atoms with E-state index < -0.39 is 11.5 Å². The van der Waals surface area contributed by atoms with Crippen LogP contribution in [0.5, 0.6) is 0 Å². The van der Waals surface area contributed by atoms with E-state index in [1.54, 1.807) is 12.1 Å². The predicted octanol–water partition coefficient (Wildman–Crippen LogP) is 2.94. The first kappa shape index (κ1) is 11.1. The molecule has 84 valence electrons. The minimum absolute atomic E-state index is 0.326. The zero-order valence-corrected chi connectivity index (χ0v) is 8.99. The van der Waals surface area contributed by atoms with Crippen molar-refractivity contribution in [2.24, 2.45) is 5.41 Å². The van der Waals surface area contributed by atoms with Gasteiger partial charge in [-0.15, -0.1) is 0 Å². The third-order valence-electron chi connectivity index (χ3n) is 3.43. The van der Waals surface area contributed by atoms with Crippen LogP contribution in [-0.4, -0.2) is 5.11 Å². The fourth-order valence-electron chi connectivity index (χ4n) is 2.42. The summed E-state index contributed by atoms with van der Waals surface area (Å²) in [6, 6.07) is 7.99. The Balaban J connectivity index is 2.27. The molecule has 2 rings (SSSR count). The second-order valence-corrected chi connectivity index (χ2v) is 4.43. The molecule has 3 heteroatoms. The fraction of sp³-hybridized carbons (Fsp3) is 0.462. The average Bonchev–Trinajstić information content (AvgIpc) is 2.79. The van der Waals surface area contributed by atoms with Gasteiger partial charge in [0.25, 0.3) is 0 Å². The molecule has 1 aromatic carbocycles. The van der Waals surface area contributed by atoms with Crippen molar-refractivity contribution in [1.29, 1.82) is 5.26 Å². The van der Waals surface area contributed by atoms with Crippen molar-refractivity contribution < 1.29 is 9.50 Å². The molecular formula is C13H14FNO. The average molecular weight is 219 g/mol. The van der Waals surface area contributed by atoms with E-state index in [-0.39, 0.29) is 5.82 Å². The van der Waals surface area contributed by atoms with Gasteiger partial charge in [0.05, 0.1) is 17.6 Å². The molecule has 1 aliphatic rings. The van der Waals surface area contributed by atoms with Crippen LogP contribution in [0.1, 0.15) is 37.4 Å². The first-order valence-corrected chi connectivity index (χ1v) is 5.53. The lowest BCUT2D eigenvalue weighted by molar-refractivity contribution is 0.0670. The van der Waals surface area contributed by atoms with Crippen LogP contribution in [0.15, 0.2) is 24.3 Å². The second-order valence-electron chi connectivity index (χ2n) is 4.43. The molecule has 16 heavy (non-hydrogen) atoms. The molecular weight excluding hydrogens is 205 g/mol. The maximum atomic E-state index is 12.8. The first-order chi connectivity index (χ1) is 7.68. The summed E-state index contributed by atoms with van der Waals surface area (Å²) in [5.41, 5.74) is -0.0393. The standard InChI is InChI=1S/C13H14FNO/c14-11-5-3-10(4-6-11)12(16)13(9-15)7-1-2-8-13/h3-6,12,16H,1-2,7-8H2. The van der Waals surface area contributed by atoms with Crippen molar-refractivity contribution >= 4 is 0 Å². The molecule has 0 heterocycles. The number of nitrogens with zero attached hydrogens (tertiary/aromatic N) is 1. The maximum Gasteiger partial charge on any atom is 0.123 e. The zero-order chi connectivity index (χ0) is 11.6. The number of hydrogen-bond donors (Lipinski definition) is 1. The molecule has 0 bridgehead atoms. The summed E-state index contributed by atoms with van der Waals surface area (Å²) in [6.45, 7) is 0. The molecule has 1 atom stereocenters. The topological polar surface area (TPSA) is 44.0 Å². The van der Waals surface area contributed by atoms with Crippen LogP contribution in [0.2, 0.25) is 0 Å². The number of aliphatic hydroxyl groups excluding tert-OH is 1. The molecule has 0 radical (unpaired) electrons. The second kappa shape index (κ2) is 4.23. The van der Waals surface area contributed by atoms with E-state index in [0.29, 0.717) is 5.56 Å². The molecule has 0 aliphatic heterocycles. The van der Waals surface area contributed by atoms with Crippen molar-refractivity contribution in [2.45, 2.75) is 31.8 Å². The van der Waals surface area contributed by atoms with Crippen LogP contribution in [0.4, 0.5) is 4.39 Å². The van der Waals surface area contributed by atoms with E-state index in [2.05, 4.69) is 6.07 Å². The van der Waals surface area contributed by atoms with Gasteiger partial charge >= 0.3 is 0 Å². The van der Waals surface area contributed by atoms with Gasteiger partial charge < -0.3 is 5.11 Å². The maximum absolute atomic E-state index is 12.8. The number of aliphatic hydroxyl groups is 1. The minimum Gasteiger partial charge on any atom is -0.387 e. The van der Waals surface area contributed by atoms with Crippen molar-refractivity contribution in [3.05, 3.63) is 35.6 Å². The van der Waals surface area contributed by atoms with E-state index in [0.717, 1.165) is 25.7 Å². The predicted molar refractivity (Wildman–Crippen MR) is 57.9 cm³/mol. The summed E-state index contributed by atoms with van der Waals surface area (Å²) in [5, 5.41) is 19.4. The lowest BCUT2D eigenvalue weighted by atomic mass is 9.79. The molecule has 0 saturated heterocycles. The highest BCUT2D eigenvalue weighted by Crippen LogP contribution is 2.46. The van der Waals surface area contributed by atoms with E-state index in [9.17, 15) is 14.8 Å². The van der Waals surface area contributed by atoms with Gasteiger partial charge in [-0.25, -0.2) is 4.39 Å². The highest BCUT2D eigenvalue weighted by Gasteiger charge is 2.41. The van der Waals surface area contributed by atoms with Crippen molar-refractivity contribution in [3.63, 3.8) is 0 Å².